The van der Waals surface area contributed by atoms with Gasteiger partial charge in [-0.25, -0.2) is 4.98 Å². The molecule has 0 saturated carbocycles. The van der Waals surface area contributed by atoms with Crippen LogP contribution in [0.4, 0.5) is 0 Å². The fraction of sp³-hybridized carbons (Fsp3) is 0.375. The predicted octanol–water partition coefficient (Wildman–Crippen LogP) is 1.94. The second kappa shape index (κ2) is 6.29. The molecule has 1 rings (SSSR count). The zero-order valence-electron chi connectivity index (χ0n) is 6.93. The fourth-order valence-electron chi connectivity index (χ4n) is 0.671. The maximum atomic E-state index is 5.47. The molecule has 1 aromatic heterocycles. The van der Waals surface area contributed by atoms with Crippen molar-refractivity contribution in [1.82, 2.24) is 4.98 Å². The highest BCUT2D eigenvalue weighted by molar-refractivity contribution is 7.99. The summed E-state index contributed by atoms with van der Waals surface area (Å²) in [6, 6.07) is 5.90. The molecule has 0 spiro atoms. The van der Waals surface area contributed by atoms with Gasteiger partial charge in [0.05, 0.1) is 5.03 Å². The van der Waals surface area contributed by atoms with Gasteiger partial charge >= 0.3 is 0 Å². The number of aromatic nitrogens is 1. The lowest BCUT2D eigenvalue weighted by atomic mass is 10.5. The molecule has 0 aliphatic carbocycles. The number of halogens is 1. The van der Waals surface area contributed by atoms with Crippen LogP contribution in [0.5, 0.6) is 0 Å². The Bertz CT molecular complexity index is 205. The van der Waals surface area contributed by atoms with Gasteiger partial charge in [0.15, 0.2) is 0 Å². The van der Waals surface area contributed by atoms with Gasteiger partial charge in [0.2, 0.25) is 0 Å². The predicted molar refractivity (Wildman–Crippen MR) is 55.9 cm³/mol. The van der Waals surface area contributed by atoms with Crippen LogP contribution in [0.15, 0.2) is 29.4 Å². The van der Waals surface area contributed by atoms with Crippen molar-refractivity contribution >= 4 is 24.2 Å². The van der Waals surface area contributed by atoms with Gasteiger partial charge in [-0.15, -0.1) is 24.2 Å². The van der Waals surface area contributed by atoms with Gasteiger partial charge in [-0.05, 0) is 12.1 Å². The lowest BCUT2D eigenvalue weighted by Crippen LogP contribution is -2.12. The topological polar surface area (TPSA) is 38.9 Å². The molecule has 68 valence electrons. The summed E-state index contributed by atoms with van der Waals surface area (Å²) in [6.45, 7) is 2.79. The minimum absolute atomic E-state index is 0. The molecule has 1 aromatic rings. The first-order chi connectivity index (χ1) is 5.33. The lowest BCUT2D eigenvalue weighted by Gasteiger charge is -2.05. The number of thioether (sulfide) groups is 1. The number of hydrogen-bond acceptors (Lipinski definition) is 3. The van der Waals surface area contributed by atoms with E-state index in [-0.39, 0.29) is 12.4 Å². The second-order valence-corrected chi connectivity index (χ2v) is 3.79. The molecular weight excluding hydrogens is 192 g/mol. The van der Waals surface area contributed by atoms with Crippen LogP contribution in [-0.4, -0.2) is 16.8 Å². The molecule has 0 saturated heterocycles. The summed E-state index contributed by atoms with van der Waals surface area (Å²) >= 11 is 1.71. The summed E-state index contributed by atoms with van der Waals surface area (Å²) in [5.74, 6) is 0. The first-order valence-corrected chi connectivity index (χ1v) is 4.48. The Hall–Kier alpha value is -0.250. The molecule has 0 radical (unpaired) electrons. The maximum Gasteiger partial charge on any atom is 0.0962 e. The average molecular weight is 205 g/mol. The van der Waals surface area contributed by atoms with Crippen LogP contribution in [0.1, 0.15) is 6.92 Å². The average Bonchev–Trinajstić information content (AvgIpc) is 2.06. The number of hydrogen-bond donors (Lipinski definition) is 1. The largest absolute Gasteiger partial charge is 0.329 e. The van der Waals surface area contributed by atoms with Crippen LogP contribution in [0.25, 0.3) is 0 Å². The van der Waals surface area contributed by atoms with Crippen LogP contribution in [-0.2, 0) is 0 Å². The Kier molecular flexibility index (Phi) is 6.16. The summed E-state index contributed by atoms with van der Waals surface area (Å²) in [5.41, 5.74) is 5.47. The van der Waals surface area contributed by atoms with E-state index in [1.807, 2.05) is 18.2 Å². The van der Waals surface area contributed by atoms with E-state index < -0.39 is 0 Å². The number of nitrogens with zero attached hydrogens (tertiary/aromatic N) is 1. The maximum absolute atomic E-state index is 5.47. The number of nitrogens with two attached hydrogens (primary N) is 1. The van der Waals surface area contributed by atoms with E-state index in [2.05, 4.69) is 11.9 Å². The highest BCUT2D eigenvalue weighted by Gasteiger charge is 2.00. The molecule has 0 aliphatic heterocycles. The molecule has 1 atom stereocenters. The van der Waals surface area contributed by atoms with Crippen molar-refractivity contribution < 1.29 is 0 Å². The quantitative estimate of drug-likeness (QED) is 0.765. The van der Waals surface area contributed by atoms with E-state index in [9.17, 15) is 0 Å². The van der Waals surface area contributed by atoms with Gasteiger partial charge in [0.1, 0.15) is 0 Å². The molecule has 0 aromatic carbocycles. The minimum Gasteiger partial charge on any atom is -0.329 e. The monoisotopic (exact) mass is 204 g/mol. The van der Waals surface area contributed by atoms with Gasteiger partial charge in [-0.1, -0.05) is 13.0 Å². The summed E-state index contributed by atoms with van der Waals surface area (Å²) in [6.07, 6.45) is 1.80. The van der Waals surface area contributed by atoms with E-state index in [1.165, 1.54) is 0 Å². The molecule has 0 aliphatic rings. The molecule has 4 heteroatoms. The van der Waals surface area contributed by atoms with E-state index in [0.717, 1.165) is 5.03 Å². The molecule has 2 nitrogen and oxygen atoms in total. The number of rotatable bonds is 3. The molecule has 1 heterocycles. The SMILES string of the molecule is CC(CN)Sc1ccccn1.Cl. The van der Waals surface area contributed by atoms with Crippen molar-refractivity contribution in [3.05, 3.63) is 24.4 Å². The van der Waals surface area contributed by atoms with Gasteiger partial charge in [-0.2, -0.15) is 0 Å². The van der Waals surface area contributed by atoms with Crippen LogP contribution in [0, 0.1) is 0 Å². The van der Waals surface area contributed by atoms with Gasteiger partial charge in [-0.3, -0.25) is 0 Å². The van der Waals surface area contributed by atoms with E-state index in [0.29, 0.717) is 11.8 Å². The van der Waals surface area contributed by atoms with Gasteiger partial charge in [0, 0.05) is 18.0 Å². The fourth-order valence-corrected chi connectivity index (χ4v) is 1.46. The standard InChI is InChI=1S/C8H12N2S.ClH/c1-7(6-9)11-8-4-2-3-5-10-8;/h2-5,7H,6,9H2,1H3;1H. The van der Waals surface area contributed by atoms with Crippen LogP contribution < -0.4 is 5.73 Å². The summed E-state index contributed by atoms with van der Waals surface area (Å²) in [5, 5.41) is 1.50. The van der Waals surface area contributed by atoms with Crippen LogP contribution >= 0.6 is 24.2 Å². The van der Waals surface area contributed by atoms with E-state index in [4.69, 9.17) is 5.73 Å². The van der Waals surface area contributed by atoms with Crippen molar-refractivity contribution in [3.8, 4) is 0 Å². The summed E-state index contributed by atoms with van der Waals surface area (Å²) in [7, 11) is 0. The lowest BCUT2D eigenvalue weighted by molar-refractivity contribution is 0.945. The molecule has 0 fully saturated rings. The molecule has 0 bridgehead atoms. The molecule has 2 N–H and O–H groups in total. The summed E-state index contributed by atoms with van der Waals surface area (Å²) < 4.78 is 0. The Balaban J connectivity index is 0.00000121. The van der Waals surface area contributed by atoms with Crippen molar-refractivity contribution in [2.24, 2.45) is 5.73 Å². The van der Waals surface area contributed by atoms with Crippen molar-refractivity contribution in [3.63, 3.8) is 0 Å². The van der Waals surface area contributed by atoms with Crippen molar-refractivity contribution in [2.75, 3.05) is 6.54 Å². The number of pyridine rings is 1. The second-order valence-electron chi connectivity index (χ2n) is 2.33. The van der Waals surface area contributed by atoms with Crippen molar-refractivity contribution in [1.29, 1.82) is 0 Å². The van der Waals surface area contributed by atoms with Crippen molar-refractivity contribution in [2.45, 2.75) is 17.2 Å². The van der Waals surface area contributed by atoms with Gasteiger partial charge < -0.3 is 5.73 Å². The Morgan fingerprint density at radius 2 is 2.33 bits per heavy atom. The van der Waals surface area contributed by atoms with Crippen LogP contribution in [0.2, 0.25) is 0 Å². The molecule has 0 amide bonds. The third-order valence-corrected chi connectivity index (χ3v) is 2.37. The first-order valence-electron chi connectivity index (χ1n) is 3.60. The molecular formula is C8H13ClN2S. The Morgan fingerprint density at radius 1 is 1.58 bits per heavy atom. The Morgan fingerprint density at radius 3 is 2.83 bits per heavy atom. The van der Waals surface area contributed by atoms with E-state index in [1.54, 1.807) is 18.0 Å². The summed E-state index contributed by atoms with van der Waals surface area (Å²) in [4.78, 5) is 4.17. The Labute approximate surface area is 83.4 Å². The van der Waals surface area contributed by atoms with E-state index >= 15 is 0 Å². The third kappa shape index (κ3) is 3.95. The highest BCUT2D eigenvalue weighted by Crippen LogP contribution is 2.18. The van der Waals surface area contributed by atoms with Gasteiger partial charge in [0.25, 0.3) is 0 Å². The normalized spacial score (nSPS) is 11.8. The third-order valence-electron chi connectivity index (χ3n) is 1.29. The highest BCUT2D eigenvalue weighted by atomic mass is 35.5. The molecule has 12 heavy (non-hydrogen) atoms. The van der Waals surface area contributed by atoms with Crippen LogP contribution in [0.3, 0.4) is 0 Å². The first kappa shape index (κ1) is 11.8. The molecule has 1 unspecified atom stereocenters. The smallest absolute Gasteiger partial charge is 0.0962 e. The zero-order valence-corrected chi connectivity index (χ0v) is 8.57. The zero-order chi connectivity index (χ0) is 8.10. The minimum atomic E-state index is 0.